The van der Waals surface area contributed by atoms with Crippen LogP contribution in [-0.2, 0) is 5.41 Å². The summed E-state index contributed by atoms with van der Waals surface area (Å²) in [5.74, 6) is 0. The van der Waals surface area contributed by atoms with E-state index >= 15 is 0 Å². The molecule has 9 rings (SSSR count). The first kappa shape index (κ1) is 32.2. The molecule has 6 aromatic carbocycles. The quantitative estimate of drug-likeness (QED) is 0.159. The number of rotatable bonds is 8. The lowest BCUT2D eigenvalue weighted by Gasteiger charge is -2.28. The highest BCUT2D eigenvalue weighted by atomic mass is 15.1. The lowest BCUT2D eigenvalue weighted by atomic mass is 9.82. The minimum absolute atomic E-state index is 0.102. The summed E-state index contributed by atoms with van der Waals surface area (Å²) >= 11 is 0. The standard InChI is InChI=1S/C50H39N3/c1-5-42-45-31-36(22-29-49(45)53(48(42)6-2)38-14-8-7-9-15-38)34-18-23-39(24-19-34)52(40-25-20-35(21-26-40)37-13-12-30-51-33-37)41-27-28-44-43-16-10-11-17-46(43)50(3,4)47(44)32-41/h5-33H,1-2H2,3-4H3. The Labute approximate surface area is 311 Å². The molecule has 0 spiro atoms. The predicted molar refractivity (Wildman–Crippen MR) is 224 cm³/mol. The summed E-state index contributed by atoms with van der Waals surface area (Å²) in [7, 11) is 0. The molecule has 0 radical (unpaired) electrons. The summed E-state index contributed by atoms with van der Waals surface area (Å²) in [6.07, 6.45) is 7.59. The Morgan fingerprint density at radius 1 is 0.566 bits per heavy atom. The third-order valence-corrected chi connectivity index (χ3v) is 10.9. The van der Waals surface area contributed by atoms with Crippen molar-refractivity contribution in [2.24, 2.45) is 0 Å². The van der Waals surface area contributed by atoms with Crippen LogP contribution in [0.15, 0.2) is 177 Å². The zero-order chi connectivity index (χ0) is 36.1. The zero-order valence-electron chi connectivity index (χ0n) is 30.0. The molecule has 0 fully saturated rings. The van der Waals surface area contributed by atoms with Crippen LogP contribution in [0.5, 0.6) is 0 Å². The van der Waals surface area contributed by atoms with Gasteiger partial charge in [0, 0.05) is 51.5 Å². The second-order valence-electron chi connectivity index (χ2n) is 14.2. The van der Waals surface area contributed by atoms with E-state index in [-0.39, 0.29) is 5.41 Å². The van der Waals surface area contributed by atoms with Crippen molar-refractivity contribution < 1.29 is 0 Å². The molecule has 0 bridgehead atoms. The average molecular weight is 682 g/mol. The summed E-state index contributed by atoms with van der Waals surface area (Å²) in [6.45, 7) is 13.0. The van der Waals surface area contributed by atoms with Crippen molar-refractivity contribution in [1.82, 2.24) is 9.55 Å². The van der Waals surface area contributed by atoms with Gasteiger partial charge in [0.05, 0.1) is 11.2 Å². The Hall–Kier alpha value is -6.71. The Bertz CT molecular complexity index is 2650. The normalized spacial score (nSPS) is 12.6. The molecule has 0 saturated heterocycles. The van der Waals surface area contributed by atoms with Gasteiger partial charge < -0.3 is 9.47 Å². The van der Waals surface area contributed by atoms with E-state index in [1.807, 2.05) is 36.7 Å². The van der Waals surface area contributed by atoms with Gasteiger partial charge >= 0.3 is 0 Å². The molecule has 0 saturated carbocycles. The lowest BCUT2D eigenvalue weighted by molar-refractivity contribution is 0.660. The fourth-order valence-electron chi connectivity index (χ4n) is 8.20. The Balaban J connectivity index is 1.14. The van der Waals surface area contributed by atoms with Crippen molar-refractivity contribution in [3.63, 3.8) is 0 Å². The molecule has 8 aromatic rings. The second kappa shape index (κ2) is 12.8. The van der Waals surface area contributed by atoms with E-state index in [1.54, 1.807) is 0 Å². The number of aromatic nitrogens is 2. The molecule has 0 unspecified atom stereocenters. The van der Waals surface area contributed by atoms with Crippen LogP contribution in [0, 0.1) is 0 Å². The molecular formula is C50H39N3. The molecule has 1 aliphatic rings. The van der Waals surface area contributed by atoms with Crippen molar-refractivity contribution in [1.29, 1.82) is 0 Å². The molecule has 3 heteroatoms. The van der Waals surface area contributed by atoms with E-state index in [2.05, 4.69) is 181 Å². The van der Waals surface area contributed by atoms with Crippen LogP contribution >= 0.6 is 0 Å². The number of anilines is 3. The highest BCUT2D eigenvalue weighted by molar-refractivity contribution is 5.98. The molecule has 1 aliphatic carbocycles. The minimum Gasteiger partial charge on any atom is -0.310 e. The molecule has 0 amide bonds. The molecule has 2 heterocycles. The Morgan fingerprint density at radius 2 is 1.21 bits per heavy atom. The van der Waals surface area contributed by atoms with Gasteiger partial charge in [-0.05, 0) is 117 Å². The van der Waals surface area contributed by atoms with Gasteiger partial charge in [-0.3, -0.25) is 4.98 Å². The summed E-state index contributed by atoms with van der Waals surface area (Å²) in [5, 5.41) is 1.15. The first-order valence-corrected chi connectivity index (χ1v) is 18.1. The predicted octanol–water partition coefficient (Wildman–Crippen LogP) is 13.4. The molecule has 0 aliphatic heterocycles. The van der Waals surface area contributed by atoms with E-state index in [4.69, 9.17) is 0 Å². The second-order valence-corrected chi connectivity index (χ2v) is 14.2. The van der Waals surface area contributed by atoms with Gasteiger partial charge in [-0.2, -0.15) is 0 Å². The number of para-hydroxylation sites is 1. The number of benzene rings is 6. The fraction of sp³-hybridized carbons (Fsp3) is 0.0600. The number of fused-ring (bicyclic) bond motifs is 4. The summed E-state index contributed by atoms with van der Waals surface area (Å²) < 4.78 is 2.26. The van der Waals surface area contributed by atoms with E-state index in [0.717, 1.165) is 67.2 Å². The fourth-order valence-corrected chi connectivity index (χ4v) is 8.20. The van der Waals surface area contributed by atoms with Crippen LogP contribution in [0.1, 0.15) is 36.2 Å². The van der Waals surface area contributed by atoms with Gasteiger partial charge in [0.1, 0.15) is 0 Å². The van der Waals surface area contributed by atoms with Crippen molar-refractivity contribution in [2.45, 2.75) is 19.3 Å². The summed E-state index contributed by atoms with van der Waals surface area (Å²) in [6, 6.07) is 54.7. The minimum atomic E-state index is -0.102. The van der Waals surface area contributed by atoms with Gasteiger partial charge in [0.2, 0.25) is 0 Å². The maximum Gasteiger partial charge on any atom is 0.0541 e. The highest BCUT2D eigenvalue weighted by Crippen LogP contribution is 2.50. The Kier molecular flexibility index (Phi) is 7.78. The van der Waals surface area contributed by atoms with Gasteiger partial charge in [0.15, 0.2) is 0 Å². The Morgan fingerprint density at radius 3 is 1.89 bits per heavy atom. The first-order valence-electron chi connectivity index (χ1n) is 18.1. The number of hydrogen-bond donors (Lipinski definition) is 0. The number of nitrogens with zero attached hydrogens (tertiary/aromatic N) is 3. The topological polar surface area (TPSA) is 21.1 Å². The van der Waals surface area contributed by atoms with Gasteiger partial charge in [-0.15, -0.1) is 0 Å². The molecular weight excluding hydrogens is 643 g/mol. The van der Waals surface area contributed by atoms with Crippen LogP contribution in [0.4, 0.5) is 17.1 Å². The monoisotopic (exact) mass is 681 g/mol. The zero-order valence-corrected chi connectivity index (χ0v) is 30.0. The molecule has 2 aromatic heterocycles. The summed E-state index contributed by atoms with van der Waals surface area (Å²) in [5.41, 5.74) is 17.5. The van der Waals surface area contributed by atoms with Crippen molar-refractivity contribution in [2.75, 3.05) is 4.90 Å². The molecule has 0 atom stereocenters. The van der Waals surface area contributed by atoms with Gasteiger partial charge in [-0.25, -0.2) is 0 Å². The van der Waals surface area contributed by atoms with E-state index in [9.17, 15) is 0 Å². The maximum atomic E-state index is 4.34. The van der Waals surface area contributed by atoms with Crippen LogP contribution < -0.4 is 4.90 Å². The smallest absolute Gasteiger partial charge is 0.0541 e. The van der Waals surface area contributed by atoms with Gasteiger partial charge in [0.25, 0.3) is 0 Å². The maximum absolute atomic E-state index is 4.34. The molecule has 3 nitrogen and oxygen atoms in total. The SMILES string of the molecule is C=Cc1c(C=C)n(-c2ccccc2)c2ccc(-c3ccc(N(c4ccc(-c5cccnc5)cc4)c4ccc5c(c4)C(C)(C)c4ccccc4-5)cc3)cc12. The number of pyridine rings is 1. The van der Waals surface area contributed by atoms with Crippen molar-refractivity contribution in [3.05, 3.63) is 200 Å². The third-order valence-electron chi connectivity index (χ3n) is 10.9. The van der Waals surface area contributed by atoms with Crippen LogP contribution in [-0.4, -0.2) is 9.55 Å². The van der Waals surface area contributed by atoms with E-state index < -0.39 is 0 Å². The lowest BCUT2D eigenvalue weighted by Crippen LogP contribution is -2.16. The van der Waals surface area contributed by atoms with E-state index in [0.29, 0.717) is 0 Å². The largest absolute Gasteiger partial charge is 0.310 e. The molecule has 254 valence electrons. The first-order chi connectivity index (χ1) is 26.0. The van der Waals surface area contributed by atoms with Crippen LogP contribution in [0.3, 0.4) is 0 Å². The van der Waals surface area contributed by atoms with Crippen LogP contribution in [0.25, 0.3) is 62.1 Å². The van der Waals surface area contributed by atoms with Crippen molar-refractivity contribution >= 4 is 40.1 Å². The molecule has 53 heavy (non-hydrogen) atoms. The van der Waals surface area contributed by atoms with Crippen LogP contribution in [0.2, 0.25) is 0 Å². The highest BCUT2D eigenvalue weighted by Gasteiger charge is 2.35. The number of hydrogen-bond acceptors (Lipinski definition) is 2. The third kappa shape index (κ3) is 5.32. The summed E-state index contributed by atoms with van der Waals surface area (Å²) in [4.78, 5) is 6.71. The molecule has 0 N–H and O–H groups in total. The van der Waals surface area contributed by atoms with Gasteiger partial charge in [-0.1, -0.05) is 118 Å². The average Bonchev–Trinajstić information content (AvgIpc) is 3.66. The van der Waals surface area contributed by atoms with E-state index in [1.165, 1.54) is 22.3 Å². The van der Waals surface area contributed by atoms with Crippen molar-refractivity contribution in [3.8, 4) is 39.1 Å².